The molecule has 0 aliphatic rings. The zero-order valence-corrected chi connectivity index (χ0v) is 10.8. The minimum Gasteiger partial charge on any atom is -0.496 e. The van der Waals surface area contributed by atoms with Crippen LogP contribution >= 0.6 is 0 Å². The molecule has 0 aliphatic carbocycles. The van der Waals surface area contributed by atoms with E-state index < -0.39 is 0 Å². The summed E-state index contributed by atoms with van der Waals surface area (Å²) in [6.07, 6.45) is 0. The van der Waals surface area contributed by atoms with Crippen LogP contribution in [0.1, 0.15) is 13.8 Å². The van der Waals surface area contributed by atoms with E-state index in [9.17, 15) is 0 Å². The summed E-state index contributed by atoms with van der Waals surface area (Å²) in [5.74, 6) is 2.03. The van der Waals surface area contributed by atoms with E-state index >= 15 is 0 Å². The summed E-state index contributed by atoms with van der Waals surface area (Å²) in [5.41, 5.74) is -0.268. The van der Waals surface area contributed by atoms with Gasteiger partial charge < -0.3 is 19.3 Å². The van der Waals surface area contributed by atoms with E-state index in [2.05, 4.69) is 0 Å². The van der Waals surface area contributed by atoms with Crippen molar-refractivity contribution in [1.82, 2.24) is 0 Å². The maximum atomic E-state index is 9.14. The van der Waals surface area contributed by atoms with Crippen LogP contribution in [0.4, 0.5) is 0 Å². The van der Waals surface area contributed by atoms with Gasteiger partial charge in [-0.3, -0.25) is 0 Å². The fraction of sp³-hybridized carbons (Fsp3) is 0.538. The molecular weight excluding hydrogens is 220 g/mol. The lowest BCUT2D eigenvalue weighted by Crippen LogP contribution is -2.25. The SMILES string of the molecule is COc1cc(OC)cc(OCC(C)(C)CO)c1. The molecule has 0 aromatic heterocycles. The van der Waals surface area contributed by atoms with Crippen LogP contribution in [0, 0.1) is 5.41 Å². The average molecular weight is 240 g/mol. The number of rotatable bonds is 6. The Morgan fingerprint density at radius 3 is 1.88 bits per heavy atom. The predicted octanol–water partition coefficient (Wildman–Crippen LogP) is 2.10. The van der Waals surface area contributed by atoms with Gasteiger partial charge in [0.25, 0.3) is 0 Å². The van der Waals surface area contributed by atoms with Gasteiger partial charge in [0.2, 0.25) is 0 Å². The van der Waals surface area contributed by atoms with Gasteiger partial charge in [0.15, 0.2) is 0 Å². The Kier molecular flexibility index (Phi) is 4.63. The second-order valence-electron chi connectivity index (χ2n) is 4.66. The van der Waals surface area contributed by atoms with Crippen molar-refractivity contribution >= 4 is 0 Å². The van der Waals surface area contributed by atoms with Gasteiger partial charge in [-0.25, -0.2) is 0 Å². The van der Waals surface area contributed by atoms with Crippen molar-refractivity contribution in [1.29, 1.82) is 0 Å². The molecule has 0 fully saturated rings. The molecule has 0 saturated heterocycles. The van der Waals surface area contributed by atoms with E-state index in [0.717, 1.165) is 0 Å². The van der Waals surface area contributed by atoms with E-state index in [1.54, 1.807) is 32.4 Å². The van der Waals surface area contributed by atoms with E-state index in [-0.39, 0.29) is 12.0 Å². The zero-order chi connectivity index (χ0) is 12.9. The Hall–Kier alpha value is -1.42. The number of aliphatic hydroxyl groups is 1. The second-order valence-corrected chi connectivity index (χ2v) is 4.66. The van der Waals surface area contributed by atoms with E-state index in [0.29, 0.717) is 23.9 Å². The van der Waals surface area contributed by atoms with Crippen molar-refractivity contribution < 1.29 is 19.3 Å². The third-order valence-corrected chi connectivity index (χ3v) is 2.38. The molecule has 1 N–H and O–H groups in total. The van der Waals surface area contributed by atoms with Crippen LogP contribution in [0.15, 0.2) is 18.2 Å². The summed E-state index contributed by atoms with van der Waals surface area (Å²) in [6.45, 7) is 4.38. The van der Waals surface area contributed by atoms with Crippen LogP contribution in [0.2, 0.25) is 0 Å². The molecule has 0 amide bonds. The molecule has 0 heterocycles. The molecule has 4 heteroatoms. The van der Waals surface area contributed by atoms with Gasteiger partial charge in [-0.2, -0.15) is 0 Å². The van der Waals surface area contributed by atoms with Gasteiger partial charge in [0.1, 0.15) is 17.2 Å². The first-order valence-electron chi connectivity index (χ1n) is 5.47. The van der Waals surface area contributed by atoms with E-state index in [1.165, 1.54) is 0 Å². The first-order chi connectivity index (χ1) is 8.00. The fourth-order valence-electron chi connectivity index (χ4n) is 1.19. The topological polar surface area (TPSA) is 47.9 Å². The van der Waals surface area contributed by atoms with Crippen molar-refractivity contribution in [3.63, 3.8) is 0 Å². The maximum Gasteiger partial charge on any atom is 0.126 e. The van der Waals surface area contributed by atoms with Gasteiger partial charge in [-0.15, -0.1) is 0 Å². The first-order valence-corrected chi connectivity index (χ1v) is 5.47. The molecule has 1 aromatic rings. The van der Waals surface area contributed by atoms with Crippen LogP contribution < -0.4 is 14.2 Å². The van der Waals surface area contributed by atoms with Crippen LogP contribution in [-0.4, -0.2) is 32.5 Å². The summed E-state index contributed by atoms with van der Waals surface area (Å²) >= 11 is 0. The molecule has 17 heavy (non-hydrogen) atoms. The monoisotopic (exact) mass is 240 g/mol. The molecule has 0 radical (unpaired) electrons. The van der Waals surface area contributed by atoms with Gasteiger partial charge in [0, 0.05) is 23.6 Å². The highest BCUT2D eigenvalue weighted by atomic mass is 16.5. The van der Waals surface area contributed by atoms with Crippen LogP contribution in [0.5, 0.6) is 17.2 Å². The highest BCUT2D eigenvalue weighted by Crippen LogP contribution is 2.28. The van der Waals surface area contributed by atoms with Gasteiger partial charge in [-0.05, 0) is 0 Å². The summed E-state index contributed by atoms with van der Waals surface area (Å²) < 4.78 is 15.9. The molecule has 0 unspecified atom stereocenters. The quantitative estimate of drug-likeness (QED) is 0.827. The molecule has 1 rings (SSSR count). The Morgan fingerprint density at radius 2 is 1.47 bits per heavy atom. The van der Waals surface area contributed by atoms with Crippen molar-refractivity contribution in [2.24, 2.45) is 5.41 Å². The van der Waals surface area contributed by atoms with E-state index in [1.807, 2.05) is 13.8 Å². The van der Waals surface area contributed by atoms with Gasteiger partial charge in [-0.1, -0.05) is 13.8 Å². The van der Waals surface area contributed by atoms with Crippen LogP contribution in [0.3, 0.4) is 0 Å². The van der Waals surface area contributed by atoms with Gasteiger partial charge >= 0.3 is 0 Å². The largest absolute Gasteiger partial charge is 0.496 e. The lowest BCUT2D eigenvalue weighted by atomic mass is 9.96. The number of hydrogen-bond donors (Lipinski definition) is 1. The third kappa shape index (κ3) is 4.15. The standard InChI is InChI=1S/C13H20O4/c1-13(2,8-14)9-17-12-6-10(15-3)5-11(7-12)16-4/h5-7,14H,8-9H2,1-4H3. The first kappa shape index (κ1) is 13.6. The number of benzene rings is 1. The molecule has 0 saturated carbocycles. The number of ether oxygens (including phenoxy) is 3. The molecular formula is C13H20O4. The smallest absolute Gasteiger partial charge is 0.126 e. The Bertz CT molecular complexity index is 338. The predicted molar refractivity (Wildman–Crippen MR) is 65.9 cm³/mol. The highest BCUT2D eigenvalue weighted by molar-refractivity contribution is 5.42. The molecule has 0 bridgehead atoms. The Labute approximate surface area is 102 Å². The van der Waals surface area contributed by atoms with E-state index in [4.69, 9.17) is 19.3 Å². The van der Waals surface area contributed by atoms with Crippen molar-refractivity contribution in [2.75, 3.05) is 27.4 Å². The Morgan fingerprint density at radius 1 is 1.00 bits per heavy atom. The van der Waals surface area contributed by atoms with Gasteiger partial charge in [0.05, 0.1) is 27.4 Å². The normalized spacial score (nSPS) is 11.1. The summed E-state index contributed by atoms with van der Waals surface area (Å²) in [4.78, 5) is 0. The molecule has 1 aromatic carbocycles. The summed E-state index contributed by atoms with van der Waals surface area (Å²) in [5, 5.41) is 9.14. The van der Waals surface area contributed by atoms with Crippen molar-refractivity contribution in [2.45, 2.75) is 13.8 Å². The lowest BCUT2D eigenvalue weighted by Gasteiger charge is -2.22. The minimum atomic E-state index is -0.268. The fourth-order valence-corrected chi connectivity index (χ4v) is 1.19. The number of aliphatic hydroxyl groups excluding tert-OH is 1. The maximum absolute atomic E-state index is 9.14. The van der Waals surface area contributed by atoms with Crippen LogP contribution in [-0.2, 0) is 0 Å². The molecule has 0 atom stereocenters. The molecule has 0 spiro atoms. The molecule has 4 nitrogen and oxygen atoms in total. The summed E-state index contributed by atoms with van der Waals surface area (Å²) in [6, 6.07) is 5.36. The zero-order valence-electron chi connectivity index (χ0n) is 10.8. The number of methoxy groups -OCH3 is 2. The van der Waals surface area contributed by atoms with Crippen molar-refractivity contribution in [3.05, 3.63) is 18.2 Å². The minimum absolute atomic E-state index is 0.0775. The second kappa shape index (κ2) is 5.77. The Balaban J connectivity index is 2.76. The lowest BCUT2D eigenvalue weighted by molar-refractivity contribution is 0.0973. The number of hydrogen-bond acceptors (Lipinski definition) is 4. The van der Waals surface area contributed by atoms with Crippen molar-refractivity contribution in [3.8, 4) is 17.2 Å². The molecule has 0 aliphatic heterocycles. The highest BCUT2D eigenvalue weighted by Gasteiger charge is 2.17. The molecule has 96 valence electrons. The van der Waals surface area contributed by atoms with Crippen LogP contribution in [0.25, 0.3) is 0 Å². The third-order valence-electron chi connectivity index (χ3n) is 2.38. The summed E-state index contributed by atoms with van der Waals surface area (Å²) in [7, 11) is 3.19. The average Bonchev–Trinajstić information content (AvgIpc) is 2.36.